The molecule has 2 aromatic rings. The van der Waals surface area contributed by atoms with Gasteiger partial charge in [-0.25, -0.2) is 9.18 Å². The molecule has 5 heteroatoms. The van der Waals surface area contributed by atoms with E-state index in [1.807, 2.05) is 0 Å². The Bertz CT molecular complexity index is 506. The molecule has 78 valence electrons. The van der Waals surface area contributed by atoms with Crippen molar-refractivity contribution in [3.8, 4) is 0 Å². The van der Waals surface area contributed by atoms with E-state index < -0.39 is 12.6 Å². The summed E-state index contributed by atoms with van der Waals surface area (Å²) in [6.45, 7) is -0.725. The van der Waals surface area contributed by atoms with Crippen LogP contribution < -0.4 is 0 Å². The minimum atomic E-state index is -0.725. The number of rotatable bonds is 2. The van der Waals surface area contributed by atoms with Crippen molar-refractivity contribution < 1.29 is 18.4 Å². The molecule has 15 heavy (non-hydrogen) atoms. The summed E-state index contributed by atoms with van der Waals surface area (Å²) < 4.78 is 21.9. The van der Waals surface area contributed by atoms with Crippen molar-refractivity contribution in [3.05, 3.63) is 29.5 Å². The number of hydrogen-bond donors (Lipinski definition) is 0. The van der Waals surface area contributed by atoms with E-state index in [4.69, 9.17) is 4.52 Å². The molecule has 0 atom stereocenters. The van der Waals surface area contributed by atoms with Gasteiger partial charge in [-0.3, -0.25) is 0 Å². The zero-order chi connectivity index (χ0) is 10.8. The molecule has 0 radical (unpaired) electrons. The van der Waals surface area contributed by atoms with Crippen molar-refractivity contribution in [2.75, 3.05) is 7.11 Å². The molecule has 1 aromatic heterocycles. The van der Waals surface area contributed by atoms with Gasteiger partial charge in [-0.1, -0.05) is 5.16 Å². The van der Waals surface area contributed by atoms with E-state index >= 15 is 0 Å². The van der Waals surface area contributed by atoms with E-state index in [0.29, 0.717) is 16.5 Å². The fourth-order valence-corrected chi connectivity index (χ4v) is 1.33. The van der Waals surface area contributed by atoms with Crippen LogP contribution in [0.15, 0.2) is 22.7 Å². The number of carbonyl (C=O) groups is 1. The second-order valence-electron chi connectivity index (χ2n) is 2.97. The maximum atomic E-state index is 12.5. The Kier molecular flexibility index (Phi) is 2.37. The lowest BCUT2D eigenvalue weighted by Crippen LogP contribution is -2.00. The largest absolute Gasteiger partial charge is 0.465 e. The van der Waals surface area contributed by atoms with Gasteiger partial charge in [0.05, 0.1) is 12.7 Å². The fourth-order valence-electron chi connectivity index (χ4n) is 1.33. The lowest BCUT2D eigenvalue weighted by molar-refractivity contribution is 0.0601. The van der Waals surface area contributed by atoms with Gasteiger partial charge < -0.3 is 9.26 Å². The first-order valence-corrected chi connectivity index (χ1v) is 4.29. The molecule has 0 aliphatic carbocycles. The number of aromatic nitrogens is 1. The highest BCUT2D eigenvalue weighted by Gasteiger charge is 2.11. The Hall–Kier alpha value is -1.91. The van der Waals surface area contributed by atoms with Crippen LogP contribution in [0.25, 0.3) is 11.0 Å². The number of benzene rings is 1. The molecular weight excluding hydrogens is 201 g/mol. The van der Waals surface area contributed by atoms with Crippen LogP contribution in [0.2, 0.25) is 0 Å². The Balaban J connectivity index is 2.57. The van der Waals surface area contributed by atoms with E-state index in [2.05, 4.69) is 9.89 Å². The first kappa shape index (κ1) is 9.64. The van der Waals surface area contributed by atoms with Crippen molar-refractivity contribution in [3.63, 3.8) is 0 Å². The molecule has 0 aliphatic heterocycles. The Morgan fingerprint density at radius 3 is 3.07 bits per heavy atom. The van der Waals surface area contributed by atoms with Crippen molar-refractivity contribution in [2.45, 2.75) is 6.67 Å². The molecule has 0 bridgehead atoms. The van der Waals surface area contributed by atoms with Crippen LogP contribution in [0.3, 0.4) is 0 Å². The molecule has 0 unspecified atom stereocenters. The first-order chi connectivity index (χ1) is 7.26. The van der Waals surface area contributed by atoms with Crippen LogP contribution in [-0.2, 0) is 11.4 Å². The van der Waals surface area contributed by atoms with Gasteiger partial charge in [-0.2, -0.15) is 0 Å². The molecule has 0 spiro atoms. The maximum absolute atomic E-state index is 12.5. The SMILES string of the molecule is COC(=O)c1ccc2onc(CF)c2c1. The normalized spacial score (nSPS) is 10.5. The molecule has 0 fully saturated rings. The number of carbonyl (C=O) groups excluding carboxylic acids is 1. The number of esters is 1. The van der Waals surface area contributed by atoms with E-state index in [1.54, 1.807) is 12.1 Å². The second kappa shape index (κ2) is 3.68. The van der Waals surface area contributed by atoms with E-state index in [0.717, 1.165) is 0 Å². The molecule has 0 N–H and O–H groups in total. The van der Waals surface area contributed by atoms with E-state index in [9.17, 15) is 9.18 Å². The highest BCUT2D eigenvalue weighted by molar-refractivity contribution is 5.94. The zero-order valence-corrected chi connectivity index (χ0v) is 7.99. The number of halogens is 1. The van der Waals surface area contributed by atoms with Gasteiger partial charge in [0.25, 0.3) is 0 Å². The molecule has 2 rings (SSSR count). The molecular formula is C10H8FNO3. The third-order valence-electron chi connectivity index (χ3n) is 2.09. The predicted octanol–water partition coefficient (Wildman–Crippen LogP) is 2.08. The molecule has 1 aromatic carbocycles. The van der Waals surface area contributed by atoms with Gasteiger partial charge in [-0.15, -0.1) is 0 Å². The monoisotopic (exact) mass is 209 g/mol. The first-order valence-electron chi connectivity index (χ1n) is 4.29. The van der Waals surface area contributed by atoms with Crippen molar-refractivity contribution in [1.82, 2.24) is 5.16 Å². The predicted molar refractivity (Wildman–Crippen MR) is 50.2 cm³/mol. The summed E-state index contributed by atoms with van der Waals surface area (Å²) in [6.07, 6.45) is 0. The number of ether oxygens (including phenoxy) is 1. The molecule has 0 aliphatic rings. The average Bonchev–Trinajstić information content (AvgIpc) is 2.69. The molecule has 0 saturated heterocycles. The highest BCUT2D eigenvalue weighted by atomic mass is 19.1. The van der Waals surface area contributed by atoms with Gasteiger partial charge in [0.1, 0.15) is 12.4 Å². The van der Waals surface area contributed by atoms with Gasteiger partial charge in [0.15, 0.2) is 5.58 Å². The summed E-state index contributed by atoms with van der Waals surface area (Å²) >= 11 is 0. The third-order valence-corrected chi connectivity index (χ3v) is 2.09. The summed E-state index contributed by atoms with van der Waals surface area (Å²) in [7, 11) is 1.29. The average molecular weight is 209 g/mol. The smallest absolute Gasteiger partial charge is 0.337 e. The quantitative estimate of drug-likeness (QED) is 0.710. The Morgan fingerprint density at radius 2 is 2.40 bits per heavy atom. The lowest BCUT2D eigenvalue weighted by atomic mass is 10.1. The summed E-state index contributed by atoms with van der Waals surface area (Å²) in [6, 6.07) is 4.61. The van der Waals surface area contributed by atoms with Crippen LogP contribution >= 0.6 is 0 Å². The van der Waals surface area contributed by atoms with Gasteiger partial charge in [0.2, 0.25) is 0 Å². The summed E-state index contributed by atoms with van der Waals surface area (Å²) in [5.41, 5.74) is 0.994. The third kappa shape index (κ3) is 1.56. The number of fused-ring (bicyclic) bond motifs is 1. The van der Waals surface area contributed by atoms with Crippen LogP contribution in [-0.4, -0.2) is 18.2 Å². The molecule has 4 nitrogen and oxygen atoms in total. The topological polar surface area (TPSA) is 52.3 Å². The van der Waals surface area contributed by atoms with Crippen LogP contribution in [0.1, 0.15) is 16.1 Å². The number of methoxy groups -OCH3 is 1. The Labute approximate surface area is 84.6 Å². The van der Waals surface area contributed by atoms with Gasteiger partial charge in [0, 0.05) is 5.39 Å². The number of nitrogens with zero attached hydrogens (tertiary/aromatic N) is 1. The minimum Gasteiger partial charge on any atom is -0.465 e. The summed E-state index contributed by atoms with van der Waals surface area (Å²) in [4.78, 5) is 11.2. The summed E-state index contributed by atoms with van der Waals surface area (Å²) in [5, 5.41) is 4.04. The van der Waals surface area contributed by atoms with Crippen LogP contribution in [0, 0.1) is 0 Å². The number of alkyl halides is 1. The molecule has 0 amide bonds. The maximum Gasteiger partial charge on any atom is 0.337 e. The minimum absolute atomic E-state index is 0.191. The summed E-state index contributed by atoms with van der Waals surface area (Å²) in [5.74, 6) is -0.470. The van der Waals surface area contributed by atoms with Crippen LogP contribution in [0.5, 0.6) is 0 Å². The fraction of sp³-hybridized carbons (Fsp3) is 0.200. The number of hydrogen-bond acceptors (Lipinski definition) is 4. The van der Waals surface area contributed by atoms with Crippen molar-refractivity contribution in [2.24, 2.45) is 0 Å². The van der Waals surface area contributed by atoms with Crippen LogP contribution in [0.4, 0.5) is 4.39 Å². The Morgan fingerprint density at radius 1 is 1.60 bits per heavy atom. The van der Waals surface area contributed by atoms with Crippen molar-refractivity contribution >= 4 is 16.9 Å². The van der Waals surface area contributed by atoms with Gasteiger partial charge >= 0.3 is 5.97 Å². The van der Waals surface area contributed by atoms with E-state index in [1.165, 1.54) is 13.2 Å². The second-order valence-corrected chi connectivity index (χ2v) is 2.97. The van der Waals surface area contributed by atoms with E-state index in [-0.39, 0.29) is 5.69 Å². The standard InChI is InChI=1S/C10H8FNO3/c1-14-10(13)6-2-3-9-7(4-6)8(5-11)12-15-9/h2-4H,5H2,1H3. The van der Waals surface area contributed by atoms with Crippen molar-refractivity contribution in [1.29, 1.82) is 0 Å². The van der Waals surface area contributed by atoms with Gasteiger partial charge in [-0.05, 0) is 18.2 Å². The highest BCUT2D eigenvalue weighted by Crippen LogP contribution is 2.21. The zero-order valence-electron chi connectivity index (χ0n) is 7.99. The lowest BCUT2D eigenvalue weighted by Gasteiger charge is -1.97. The molecule has 1 heterocycles. The molecule has 0 saturated carbocycles.